The average Bonchev–Trinajstić information content (AvgIpc) is 2.90. The summed E-state index contributed by atoms with van der Waals surface area (Å²) < 4.78 is 0. The first kappa shape index (κ1) is 13.3. The van der Waals surface area contributed by atoms with Gasteiger partial charge in [0, 0.05) is 31.1 Å². The van der Waals surface area contributed by atoms with Crippen LogP contribution in [0.3, 0.4) is 0 Å². The van der Waals surface area contributed by atoms with E-state index >= 15 is 0 Å². The Labute approximate surface area is 121 Å². The van der Waals surface area contributed by atoms with Crippen molar-refractivity contribution < 1.29 is 14.7 Å². The molecule has 1 aromatic carbocycles. The molecule has 1 atom stereocenters. The molecule has 2 amide bonds. The summed E-state index contributed by atoms with van der Waals surface area (Å²) in [6.45, 7) is 1.66. The van der Waals surface area contributed by atoms with E-state index in [9.17, 15) is 14.7 Å². The van der Waals surface area contributed by atoms with Crippen LogP contribution in [0.15, 0.2) is 24.3 Å². The number of carbonyl (C=O) groups excluding carboxylic acids is 1. The molecule has 6 heteroatoms. The van der Waals surface area contributed by atoms with Crippen LogP contribution in [0.25, 0.3) is 0 Å². The van der Waals surface area contributed by atoms with Gasteiger partial charge in [0.15, 0.2) is 0 Å². The first-order valence-electron chi connectivity index (χ1n) is 6.59. The molecule has 0 aromatic heterocycles. The van der Waals surface area contributed by atoms with Gasteiger partial charge in [-0.25, -0.2) is 9.59 Å². The van der Waals surface area contributed by atoms with Gasteiger partial charge < -0.3 is 14.9 Å². The van der Waals surface area contributed by atoms with Gasteiger partial charge in [-0.2, -0.15) is 11.8 Å². The number of benzene rings is 1. The van der Waals surface area contributed by atoms with Gasteiger partial charge in [-0.05, 0) is 11.1 Å². The molecule has 20 heavy (non-hydrogen) atoms. The molecule has 1 saturated heterocycles. The lowest BCUT2D eigenvalue weighted by Gasteiger charge is -2.35. The predicted molar refractivity (Wildman–Crippen MR) is 76.5 cm³/mol. The molecule has 0 spiro atoms. The van der Waals surface area contributed by atoms with E-state index in [0.717, 1.165) is 16.9 Å². The number of thioether (sulfide) groups is 1. The number of fused-ring (bicyclic) bond motifs is 1. The van der Waals surface area contributed by atoms with Gasteiger partial charge in [0.25, 0.3) is 0 Å². The average molecular weight is 292 g/mol. The molecule has 3 rings (SSSR count). The molecule has 106 valence electrons. The second-order valence-electron chi connectivity index (χ2n) is 5.03. The van der Waals surface area contributed by atoms with Crippen molar-refractivity contribution in [3.05, 3.63) is 35.4 Å². The van der Waals surface area contributed by atoms with Crippen molar-refractivity contribution in [2.75, 3.05) is 18.1 Å². The van der Waals surface area contributed by atoms with Crippen molar-refractivity contribution in [2.24, 2.45) is 0 Å². The van der Waals surface area contributed by atoms with E-state index in [0.29, 0.717) is 25.4 Å². The van der Waals surface area contributed by atoms with E-state index in [1.54, 1.807) is 16.7 Å². The van der Waals surface area contributed by atoms with Gasteiger partial charge in [-0.3, -0.25) is 0 Å². The molecule has 0 radical (unpaired) electrons. The van der Waals surface area contributed by atoms with Crippen LogP contribution in [0.4, 0.5) is 4.79 Å². The van der Waals surface area contributed by atoms with Gasteiger partial charge in [0.05, 0.1) is 0 Å². The van der Waals surface area contributed by atoms with Crippen molar-refractivity contribution in [3.63, 3.8) is 0 Å². The minimum atomic E-state index is -0.915. The third-order valence-corrected chi connectivity index (χ3v) is 4.79. The van der Waals surface area contributed by atoms with Crippen LogP contribution in [0.2, 0.25) is 0 Å². The number of hydrogen-bond donors (Lipinski definition) is 1. The van der Waals surface area contributed by atoms with E-state index in [2.05, 4.69) is 0 Å². The summed E-state index contributed by atoms with van der Waals surface area (Å²) in [4.78, 5) is 27.1. The van der Waals surface area contributed by atoms with Gasteiger partial charge in [0.2, 0.25) is 0 Å². The number of hydrogen-bond acceptors (Lipinski definition) is 3. The number of urea groups is 1. The standard InChI is InChI=1S/C14H16N2O3S/c17-13(18)12-9-20-6-5-16(12)14(19)15-7-10-3-1-2-4-11(10)8-15/h1-4,12H,5-9H2,(H,17,18). The Hall–Kier alpha value is -1.69. The number of nitrogens with zero attached hydrogens (tertiary/aromatic N) is 2. The molecule has 1 aromatic rings. The van der Waals surface area contributed by atoms with Crippen LogP contribution < -0.4 is 0 Å². The molecule has 1 N–H and O–H groups in total. The van der Waals surface area contributed by atoms with Crippen LogP contribution in [0.5, 0.6) is 0 Å². The first-order chi connectivity index (χ1) is 9.66. The molecule has 0 saturated carbocycles. The minimum absolute atomic E-state index is 0.158. The van der Waals surface area contributed by atoms with E-state index in [1.165, 1.54) is 4.90 Å². The molecule has 0 aliphatic carbocycles. The topological polar surface area (TPSA) is 60.9 Å². The second kappa shape index (κ2) is 5.36. The van der Waals surface area contributed by atoms with E-state index < -0.39 is 12.0 Å². The zero-order valence-corrected chi connectivity index (χ0v) is 11.8. The number of carboxylic acid groups (broad SMARTS) is 1. The molecular weight excluding hydrogens is 276 g/mol. The van der Waals surface area contributed by atoms with Crippen molar-refractivity contribution in [1.82, 2.24) is 9.80 Å². The van der Waals surface area contributed by atoms with Crippen molar-refractivity contribution in [2.45, 2.75) is 19.1 Å². The summed E-state index contributed by atoms with van der Waals surface area (Å²) in [7, 11) is 0. The van der Waals surface area contributed by atoms with Crippen LogP contribution >= 0.6 is 11.8 Å². The van der Waals surface area contributed by atoms with E-state index in [1.807, 2.05) is 24.3 Å². The summed E-state index contributed by atoms with van der Waals surface area (Å²) in [5.74, 6) is 0.361. The maximum absolute atomic E-state index is 12.6. The monoisotopic (exact) mass is 292 g/mol. The Morgan fingerprint density at radius 1 is 1.20 bits per heavy atom. The molecule has 0 bridgehead atoms. The second-order valence-corrected chi connectivity index (χ2v) is 6.18. The molecule has 1 fully saturated rings. The Bertz CT molecular complexity index is 524. The van der Waals surface area contributed by atoms with Crippen molar-refractivity contribution >= 4 is 23.8 Å². The zero-order chi connectivity index (χ0) is 14.1. The van der Waals surface area contributed by atoms with Gasteiger partial charge in [-0.1, -0.05) is 24.3 Å². The normalized spacial score (nSPS) is 21.7. The van der Waals surface area contributed by atoms with Crippen LogP contribution in [0.1, 0.15) is 11.1 Å². The summed E-state index contributed by atoms with van der Waals surface area (Å²) in [5, 5.41) is 9.25. The lowest BCUT2D eigenvalue weighted by atomic mass is 10.1. The minimum Gasteiger partial charge on any atom is -0.480 e. The molecule has 2 aliphatic heterocycles. The van der Waals surface area contributed by atoms with Crippen molar-refractivity contribution in [1.29, 1.82) is 0 Å². The van der Waals surface area contributed by atoms with Crippen LogP contribution in [-0.2, 0) is 17.9 Å². The van der Waals surface area contributed by atoms with E-state index in [-0.39, 0.29) is 6.03 Å². The number of aliphatic carboxylic acids is 1. The Kier molecular flexibility index (Phi) is 3.56. The Morgan fingerprint density at radius 2 is 1.85 bits per heavy atom. The highest BCUT2D eigenvalue weighted by atomic mass is 32.2. The third-order valence-electron chi connectivity index (χ3n) is 3.77. The number of rotatable bonds is 1. The number of amides is 2. The highest BCUT2D eigenvalue weighted by molar-refractivity contribution is 7.99. The quantitative estimate of drug-likeness (QED) is 0.854. The molecule has 1 unspecified atom stereocenters. The number of carboxylic acids is 1. The predicted octanol–water partition coefficient (Wildman–Crippen LogP) is 1.62. The summed E-state index contributed by atoms with van der Waals surface area (Å²) in [5.41, 5.74) is 2.30. The van der Waals surface area contributed by atoms with Crippen molar-refractivity contribution in [3.8, 4) is 0 Å². The van der Waals surface area contributed by atoms with Gasteiger partial charge in [-0.15, -0.1) is 0 Å². The first-order valence-corrected chi connectivity index (χ1v) is 7.75. The third kappa shape index (κ3) is 2.35. The molecule has 2 aliphatic rings. The number of carbonyl (C=O) groups is 2. The molecular formula is C14H16N2O3S. The Morgan fingerprint density at radius 3 is 2.45 bits per heavy atom. The SMILES string of the molecule is O=C(O)C1CSCCN1C(=O)N1Cc2ccccc2C1. The summed E-state index contributed by atoms with van der Waals surface area (Å²) >= 11 is 1.59. The lowest BCUT2D eigenvalue weighted by molar-refractivity contribution is -0.141. The lowest BCUT2D eigenvalue weighted by Crippen LogP contribution is -2.53. The van der Waals surface area contributed by atoms with Crippen LogP contribution in [-0.4, -0.2) is 51.0 Å². The summed E-state index contributed by atoms with van der Waals surface area (Å²) in [6, 6.07) is 7.10. The highest BCUT2D eigenvalue weighted by Crippen LogP contribution is 2.25. The molecule has 5 nitrogen and oxygen atoms in total. The smallest absolute Gasteiger partial charge is 0.327 e. The summed E-state index contributed by atoms with van der Waals surface area (Å²) in [6.07, 6.45) is 0. The largest absolute Gasteiger partial charge is 0.480 e. The fourth-order valence-corrected chi connectivity index (χ4v) is 3.73. The van der Waals surface area contributed by atoms with Gasteiger partial charge >= 0.3 is 12.0 Å². The van der Waals surface area contributed by atoms with Crippen LogP contribution in [0, 0.1) is 0 Å². The molecule has 2 heterocycles. The maximum Gasteiger partial charge on any atom is 0.327 e. The Balaban J connectivity index is 1.75. The maximum atomic E-state index is 12.6. The van der Waals surface area contributed by atoms with Gasteiger partial charge in [0.1, 0.15) is 6.04 Å². The highest BCUT2D eigenvalue weighted by Gasteiger charge is 2.36. The fraction of sp³-hybridized carbons (Fsp3) is 0.429. The zero-order valence-electron chi connectivity index (χ0n) is 11.0. The van der Waals surface area contributed by atoms with E-state index in [4.69, 9.17) is 0 Å². The fourth-order valence-electron chi connectivity index (χ4n) is 2.69.